The number of carbonyl (C=O) groups is 1. The third-order valence-electron chi connectivity index (χ3n) is 6.72. The smallest absolute Gasteiger partial charge is 0.228 e. The first-order chi connectivity index (χ1) is 19.6. The minimum absolute atomic E-state index is 0.104. The Balaban J connectivity index is 1.21. The molecule has 7 rings (SSSR count). The lowest BCUT2D eigenvalue weighted by Crippen LogP contribution is -2.14. The largest absolute Gasteiger partial charge is 0.337 e. The molecule has 0 bridgehead atoms. The average molecular weight is 542 g/mol. The zero-order valence-corrected chi connectivity index (χ0v) is 22.3. The number of amides is 1. The van der Waals surface area contributed by atoms with E-state index in [1.165, 1.54) is 9.75 Å². The highest BCUT2D eigenvalue weighted by Gasteiger charge is 2.17. The van der Waals surface area contributed by atoms with Gasteiger partial charge in [-0.05, 0) is 42.8 Å². The van der Waals surface area contributed by atoms with Gasteiger partial charge in [-0.15, -0.1) is 11.3 Å². The predicted octanol–water partition coefficient (Wildman–Crippen LogP) is 6.78. The van der Waals surface area contributed by atoms with E-state index in [1.807, 2.05) is 54.6 Å². The van der Waals surface area contributed by atoms with Crippen LogP contribution in [-0.4, -0.2) is 36.0 Å². The number of hydrogen-bond donors (Lipinski definition) is 3. The molecule has 0 saturated carbocycles. The number of H-pyrrole nitrogens is 2. The van der Waals surface area contributed by atoms with Crippen LogP contribution in [0.1, 0.15) is 10.4 Å². The molecular weight excluding hydrogens is 518 g/mol. The first kappa shape index (κ1) is 23.9. The Labute approximate surface area is 233 Å². The molecule has 0 aliphatic rings. The molecule has 0 saturated heterocycles. The van der Waals surface area contributed by atoms with E-state index in [2.05, 4.69) is 55.6 Å². The minimum Gasteiger partial charge on any atom is -0.337 e. The molecule has 0 aliphatic heterocycles. The number of aromatic nitrogens is 6. The van der Waals surface area contributed by atoms with Gasteiger partial charge in [0.05, 0.1) is 46.7 Å². The van der Waals surface area contributed by atoms with Crippen molar-refractivity contribution in [3.8, 4) is 33.2 Å². The third kappa shape index (κ3) is 4.52. The van der Waals surface area contributed by atoms with Crippen molar-refractivity contribution in [3.05, 3.63) is 102 Å². The van der Waals surface area contributed by atoms with Crippen molar-refractivity contribution in [1.29, 1.82) is 0 Å². The maximum Gasteiger partial charge on any atom is 0.228 e. The Hall–Kier alpha value is -5.15. The molecule has 0 spiro atoms. The summed E-state index contributed by atoms with van der Waals surface area (Å²) in [6.45, 7) is 2.11. The van der Waals surface area contributed by atoms with E-state index < -0.39 is 0 Å². The summed E-state index contributed by atoms with van der Waals surface area (Å²) in [5.74, 6) is 0.576. The van der Waals surface area contributed by atoms with E-state index in [0.717, 1.165) is 38.6 Å². The zero-order chi connectivity index (χ0) is 27.1. The molecule has 0 atom stereocenters. The summed E-state index contributed by atoms with van der Waals surface area (Å²) in [6.07, 6.45) is 5.41. The average Bonchev–Trinajstić information content (AvgIpc) is 3.71. The number of para-hydroxylation sites is 1. The second-order valence-corrected chi connectivity index (χ2v) is 10.8. The first-order valence-electron chi connectivity index (χ1n) is 12.8. The van der Waals surface area contributed by atoms with E-state index in [1.54, 1.807) is 29.9 Å². The zero-order valence-electron chi connectivity index (χ0n) is 21.5. The fourth-order valence-electron chi connectivity index (χ4n) is 4.81. The number of rotatable bonds is 6. The van der Waals surface area contributed by atoms with Crippen LogP contribution in [0.4, 0.5) is 5.69 Å². The number of anilines is 1. The lowest BCUT2D eigenvalue weighted by atomic mass is 10.1. The van der Waals surface area contributed by atoms with Crippen molar-refractivity contribution in [2.45, 2.75) is 13.3 Å². The van der Waals surface area contributed by atoms with Gasteiger partial charge in [0.2, 0.25) is 5.91 Å². The number of benzene rings is 2. The second-order valence-electron chi connectivity index (χ2n) is 9.56. The summed E-state index contributed by atoms with van der Waals surface area (Å²) in [5.41, 5.74) is 7.53. The van der Waals surface area contributed by atoms with Crippen molar-refractivity contribution >= 4 is 44.9 Å². The standard InChI is InChI=1S/C31H23N7OS/c1-18-10-11-27(40-18)22-8-5-9-24-29(22)36-31(35-24)30-23-14-25(33-17-26(23)37-38-30)20-13-21(16-32-15-20)34-28(39)12-19-6-3-2-4-7-19/h2-11,13-17H,12H2,1H3,(H,34,39)(H,35,36)(H,37,38). The normalized spacial score (nSPS) is 11.3. The summed E-state index contributed by atoms with van der Waals surface area (Å²) in [7, 11) is 0. The molecule has 40 heavy (non-hydrogen) atoms. The molecule has 2 aromatic carbocycles. The van der Waals surface area contributed by atoms with E-state index in [-0.39, 0.29) is 5.91 Å². The summed E-state index contributed by atoms with van der Waals surface area (Å²) in [6, 6.07) is 23.9. The molecule has 194 valence electrons. The molecule has 8 nitrogen and oxygen atoms in total. The second kappa shape index (κ2) is 9.87. The monoisotopic (exact) mass is 541 g/mol. The topological polar surface area (TPSA) is 112 Å². The van der Waals surface area contributed by atoms with Crippen LogP contribution in [0.15, 0.2) is 91.4 Å². The van der Waals surface area contributed by atoms with Gasteiger partial charge in [-0.2, -0.15) is 5.10 Å². The number of hydrogen-bond acceptors (Lipinski definition) is 6. The number of nitrogens with zero attached hydrogens (tertiary/aromatic N) is 4. The summed E-state index contributed by atoms with van der Waals surface area (Å²) >= 11 is 1.75. The molecular formula is C31H23N7OS. The van der Waals surface area contributed by atoms with Crippen molar-refractivity contribution in [2.24, 2.45) is 0 Å². The van der Waals surface area contributed by atoms with Crippen LogP contribution in [0.25, 0.3) is 55.2 Å². The maximum atomic E-state index is 12.6. The van der Waals surface area contributed by atoms with Gasteiger partial charge < -0.3 is 10.3 Å². The molecule has 5 aromatic heterocycles. The van der Waals surface area contributed by atoms with Crippen LogP contribution in [0.3, 0.4) is 0 Å². The molecule has 0 aliphatic carbocycles. The van der Waals surface area contributed by atoms with Crippen LogP contribution < -0.4 is 5.32 Å². The Kier molecular flexibility index (Phi) is 5.90. The van der Waals surface area contributed by atoms with E-state index in [9.17, 15) is 4.79 Å². The van der Waals surface area contributed by atoms with Crippen LogP contribution in [0, 0.1) is 6.92 Å². The predicted molar refractivity (Wildman–Crippen MR) is 159 cm³/mol. The highest BCUT2D eigenvalue weighted by molar-refractivity contribution is 7.15. The molecule has 3 N–H and O–H groups in total. The van der Waals surface area contributed by atoms with Crippen molar-refractivity contribution in [2.75, 3.05) is 5.32 Å². The van der Waals surface area contributed by atoms with Gasteiger partial charge in [0.1, 0.15) is 5.69 Å². The Bertz CT molecular complexity index is 2010. The molecule has 0 fully saturated rings. The van der Waals surface area contributed by atoms with Gasteiger partial charge in [-0.1, -0.05) is 42.5 Å². The van der Waals surface area contributed by atoms with Crippen LogP contribution in [-0.2, 0) is 11.2 Å². The minimum atomic E-state index is -0.104. The third-order valence-corrected chi connectivity index (χ3v) is 7.75. The van der Waals surface area contributed by atoms with Gasteiger partial charge in [0.25, 0.3) is 0 Å². The Morgan fingerprint density at radius 1 is 0.950 bits per heavy atom. The molecule has 5 heterocycles. The Morgan fingerprint density at radius 3 is 2.70 bits per heavy atom. The van der Waals surface area contributed by atoms with Crippen LogP contribution >= 0.6 is 11.3 Å². The number of fused-ring (bicyclic) bond motifs is 2. The molecule has 0 unspecified atom stereocenters. The molecule has 9 heteroatoms. The maximum absolute atomic E-state index is 12.6. The van der Waals surface area contributed by atoms with Gasteiger partial charge in [0.15, 0.2) is 5.82 Å². The summed E-state index contributed by atoms with van der Waals surface area (Å²) in [4.78, 5) is 32.4. The molecule has 1 amide bonds. The number of aromatic amines is 2. The number of pyridine rings is 2. The van der Waals surface area contributed by atoms with Gasteiger partial charge in [-0.25, -0.2) is 4.98 Å². The summed E-state index contributed by atoms with van der Waals surface area (Å²) < 4.78 is 0. The van der Waals surface area contributed by atoms with Crippen LogP contribution in [0.2, 0.25) is 0 Å². The number of thiophene rings is 1. The molecule has 7 aromatic rings. The Morgan fingerprint density at radius 2 is 1.85 bits per heavy atom. The van der Waals surface area contributed by atoms with Crippen molar-refractivity contribution in [1.82, 2.24) is 30.1 Å². The SMILES string of the molecule is Cc1ccc(-c2cccc3[nH]c(-c4n[nH]c5cnc(-c6cncc(NC(=O)Cc7ccccc7)c6)cc45)nc23)s1. The number of carbonyl (C=O) groups excluding carboxylic acids is 1. The summed E-state index contributed by atoms with van der Waals surface area (Å²) in [5, 5.41) is 11.5. The number of imidazole rings is 1. The lowest BCUT2D eigenvalue weighted by Gasteiger charge is -2.07. The highest BCUT2D eigenvalue weighted by atomic mass is 32.1. The van der Waals surface area contributed by atoms with Gasteiger partial charge >= 0.3 is 0 Å². The van der Waals surface area contributed by atoms with E-state index in [4.69, 9.17) is 4.98 Å². The molecule has 0 radical (unpaired) electrons. The van der Waals surface area contributed by atoms with Gasteiger partial charge in [0, 0.05) is 32.5 Å². The fraction of sp³-hybridized carbons (Fsp3) is 0.0645. The number of aryl methyl sites for hydroxylation is 1. The van der Waals surface area contributed by atoms with Crippen molar-refractivity contribution < 1.29 is 4.79 Å². The van der Waals surface area contributed by atoms with Crippen molar-refractivity contribution in [3.63, 3.8) is 0 Å². The fourth-order valence-corrected chi connectivity index (χ4v) is 5.71. The van der Waals surface area contributed by atoms with Gasteiger partial charge in [-0.3, -0.25) is 19.9 Å². The first-order valence-corrected chi connectivity index (χ1v) is 13.6. The highest BCUT2D eigenvalue weighted by Crippen LogP contribution is 2.35. The van der Waals surface area contributed by atoms with E-state index >= 15 is 0 Å². The lowest BCUT2D eigenvalue weighted by molar-refractivity contribution is -0.115. The quantitative estimate of drug-likeness (QED) is 0.215. The number of nitrogens with one attached hydrogen (secondary N) is 3. The van der Waals surface area contributed by atoms with E-state index in [0.29, 0.717) is 29.3 Å². The van der Waals surface area contributed by atoms with Crippen LogP contribution in [0.5, 0.6) is 0 Å².